The van der Waals surface area contributed by atoms with Gasteiger partial charge in [-0.05, 0) is 5.92 Å². The van der Waals surface area contributed by atoms with Crippen molar-refractivity contribution < 1.29 is 76.0 Å². The van der Waals surface area contributed by atoms with Crippen LogP contribution in [0.5, 0.6) is 0 Å². The van der Waals surface area contributed by atoms with E-state index in [0.29, 0.717) is 0 Å². The summed E-state index contributed by atoms with van der Waals surface area (Å²) in [4.78, 5) is 31.4. The Morgan fingerprint density at radius 1 is 1.33 bits per heavy atom. The van der Waals surface area contributed by atoms with Gasteiger partial charge < -0.3 is 15.0 Å². The molecule has 0 aromatic rings. The molecule has 0 fully saturated rings. The number of aliphatic carboxylic acids is 2. The maximum absolute atomic E-state index is 10.9. The SMILES string of the molecule is CC(C)C=C(CC(=O)O)C(=O)C(=O)[O-].[K+]. The van der Waals surface area contributed by atoms with Gasteiger partial charge in [-0.2, -0.15) is 0 Å². The van der Waals surface area contributed by atoms with Gasteiger partial charge in [-0.25, -0.2) is 0 Å². The normalized spacial score (nSPS) is 10.7. The number of carboxylic acid groups (broad SMARTS) is 2. The Labute approximate surface area is 130 Å². The molecule has 0 saturated heterocycles. The summed E-state index contributed by atoms with van der Waals surface area (Å²) in [7, 11) is 0. The first-order valence-electron chi connectivity index (χ1n) is 4.02. The van der Waals surface area contributed by atoms with E-state index in [1.807, 2.05) is 0 Å². The molecule has 0 aliphatic heterocycles. The van der Waals surface area contributed by atoms with Gasteiger partial charge in [-0.1, -0.05) is 19.9 Å². The molecule has 0 aliphatic carbocycles. The minimum atomic E-state index is -1.88. The summed E-state index contributed by atoms with van der Waals surface area (Å²) in [6.45, 7) is 3.43. The van der Waals surface area contributed by atoms with E-state index >= 15 is 0 Å². The number of carboxylic acids is 2. The van der Waals surface area contributed by atoms with Gasteiger partial charge in [0.2, 0.25) is 5.78 Å². The molecule has 0 spiro atoms. The molecule has 0 radical (unpaired) electrons. The third-order valence-corrected chi connectivity index (χ3v) is 1.35. The van der Waals surface area contributed by atoms with Crippen LogP contribution in [-0.4, -0.2) is 22.8 Å². The van der Waals surface area contributed by atoms with Crippen LogP contribution in [0.2, 0.25) is 0 Å². The van der Waals surface area contributed by atoms with E-state index in [1.165, 1.54) is 6.08 Å². The molecule has 5 nitrogen and oxygen atoms in total. The average Bonchev–Trinajstić information content (AvgIpc) is 1.99. The number of ketones is 1. The first-order valence-corrected chi connectivity index (χ1v) is 4.02. The van der Waals surface area contributed by atoms with Crippen molar-refractivity contribution in [3.05, 3.63) is 11.6 Å². The summed E-state index contributed by atoms with van der Waals surface area (Å²) in [5.41, 5.74) is -0.243. The van der Waals surface area contributed by atoms with Crippen LogP contribution in [-0.2, 0) is 14.4 Å². The van der Waals surface area contributed by atoms with Crippen molar-refractivity contribution in [1.82, 2.24) is 0 Å². The minimum Gasteiger partial charge on any atom is -0.541 e. The van der Waals surface area contributed by atoms with Crippen LogP contribution >= 0.6 is 0 Å². The fraction of sp³-hybridized carbons (Fsp3) is 0.444. The van der Waals surface area contributed by atoms with Crippen LogP contribution in [0.15, 0.2) is 11.6 Å². The topological polar surface area (TPSA) is 94.5 Å². The Morgan fingerprint density at radius 2 is 1.80 bits per heavy atom. The van der Waals surface area contributed by atoms with E-state index in [2.05, 4.69) is 0 Å². The second-order valence-corrected chi connectivity index (χ2v) is 3.12. The van der Waals surface area contributed by atoms with Gasteiger partial charge >= 0.3 is 57.4 Å². The number of Topliss-reactive ketones (excluding diaryl/α,β-unsaturated/α-hetero) is 1. The van der Waals surface area contributed by atoms with Crippen LogP contribution in [0, 0.1) is 5.92 Å². The predicted octanol–water partition coefficient (Wildman–Crippen LogP) is -3.63. The molecule has 0 atom stereocenters. The largest absolute Gasteiger partial charge is 1.00 e. The number of carbonyl (C=O) groups excluding carboxylic acids is 2. The fourth-order valence-corrected chi connectivity index (χ4v) is 0.911. The molecule has 1 N–H and O–H groups in total. The Morgan fingerprint density at radius 3 is 2.07 bits per heavy atom. The van der Waals surface area contributed by atoms with Crippen LogP contribution in [0.25, 0.3) is 0 Å². The van der Waals surface area contributed by atoms with Gasteiger partial charge in [-0.3, -0.25) is 9.59 Å². The van der Waals surface area contributed by atoms with Gasteiger partial charge in [0.1, 0.15) is 5.97 Å². The van der Waals surface area contributed by atoms with Crippen LogP contribution < -0.4 is 56.5 Å². The van der Waals surface area contributed by atoms with Gasteiger partial charge in [0.25, 0.3) is 0 Å². The summed E-state index contributed by atoms with van der Waals surface area (Å²) < 4.78 is 0. The third kappa shape index (κ3) is 7.86. The molecule has 0 amide bonds. The van der Waals surface area contributed by atoms with Gasteiger partial charge in [-0.15, -0.1) is 0 Å². The van der Waals surface area contributed by atoms with Crippen LogP contribution in [0.3, 0.4) is 0 Å². The van der Waals surface area contributed by atoms with Crippen molar-refractivity contribution in [2.24, 2.45) is 5.92 Å². The monoisotopic (exact) mass is 238 g/mol. The van der Waals surface area contributed by atoms with Crippen molar-refractivity contribution in [3.63, 3.8) is 0 Å². The Hall–Kier alpha value is -0.0136. The second kappa shape index (κ2) is 8.17. The van der Waals surface area contributed by atoms with E-state index in [9.17, 15) is 19.5 Å². The van der Waals surface area contributed by atoms with Crippen molar-refractivity contribution in [2.75, 3.05) is 0 Å². The van der Waals surface area contributed by atoms with Crippen LogP contribution in [0.1, 0.15) is 20.3 Å². The Balaban J connectivity index is 0. The number of hydrogen-bond donors (Lipinski definition) is 1. The second-order valence-electron chi connectivity index (χ2n) is 3.12. The summed E-state index contributed by atoms with van der Waals surface area (Å²) in [5.74, 6) is -4.47. The van der Waals surface area contributed by atoms with Gasteiger partial charge in [0.05, 0.1) is 6.42 Å². The number of carbonyl (C=O) groups is 3. The van der Waals surface area contributed by atoms with Crippen molar-refractivity contribution in [1.29, 1.82) is 0 Å². The molecule has 78 valence electrons. The molecule has 0 aromatic heterocycles. The molecule has 6 heteroatoms. The van der Waals surface area contributed by atoms with E-state index in [1.54, 1.807) is 13.8 Å². The summed E-state index contributed by atoms with van der Waals surface area (Å²) in [6.07, 6.45) is 0.719. The van der Waals surface area contributed by atoms with E-state index in [4.69, 9.17) is 5.11 Å². The maximum Gasteiger partial charge on any atom is 1.00 e. The molecule has 0 aliphatic rings. The zero-order valence-corrected chi connectivity index (χ0v) is 12.1. The quantitative estimate of drug-likeness (QED) is 0.303. The first kappa shape index (κ1) is 17.4. The molecular formula is C9H11KO5. The summed E-state index contributed by atoms with van der Waals surface area (Å²) in [6, 6.07) is 0. The third-order valence-electron chi connectivity index (χ3n) is 1.35. The van der Waals surface area contributed by atoms with Crippen molar-refractivity contribution in [2.45, 2.75) is 20.3 Å². The molecule has 15 heavy (non-hydrogen) atoms. The molecule has 0 rings (SSSR count). The standard InChI is InChI=1S/C9H12O5.K/c1-5(2)3-6(4-7(10)11)8(12)9(13)14;/h3,5H,4H2,1-2H3,(H,10,11)(H,13,14);/q;+1/p-1. The molecule has 0 saturated carbocycles. The predicted molar refractivity (Wildman–Crippen MR) is 45.2 cm³/mol. The Kier molecular flexibility index (Phi) is 9.47. The molecule has 0 bridgehead atoms. The van der Waals surface area contributed by atoms with Crippen molar-refractivity contribution in [3.8, 4) is 0 Å². The van der Waals surface area contributed by atoms with Gasteiger partial charge in [0, 0.05) is 5.57 Å². The smallest absolute Gasteiger partial charge is 0.541 e. The first-order chi connectivity index (χ1) is 6.34. The summed E-state index contributed by atoms with van der Waals surface area (Å²) >= 11 is 0. The van der Waals surface area contributed by atoms with E-state index < -0.39 is 24.1 Å². The molecule has 0 heterocycles. The zero-order chi connectivity index (χ0) is 11.3. The molecule has 0 unspecified atom stereocenters. The van der Waals surface area contributed by atoms with E-state index in [0.717, 1.165) is 0 Å². The number of rotatable bonds is 5. The molecular weight excluding hydrogens is 227 g/mol. The minimum absolute atomic E-state index is 0. The zero-order valence-electron chi connectivity index (χ0n) is 8.94. The van der Waals surface area contributed by atoms with Crippen LogP contribution in [0.4, 0.5) is 0 Å². The molecule has 0 aromatic carbocycles. The van der Waals surface area contributed by atoms with Crippen molar-refractivity contribution >= 4 is 17.7 Å². The summed E-state index contributed by atoms with van der Waals surface area (Å²) in [5, 5.41) is 18.6. The Bertz CT molecular complexity index is 293. The number of hydrogen-bond acceptors (Lipinski definition) is 4. The van der Waals surface area contributed by atoms with E-state index in [-0.39, 0.29) is 62.9 Å². The average molecular weight is 238 g/mol. The number of allylic oxidation sites excluding steroid dienone is 1. The van der Waals surface area contributed by atoms with Gasteiger partial charge in [0.15, 0.2) is 0 Å². The fourth-order valence-electron chi connectivity index (χ4n) is 0.911. The maximum atomic E-state index is 10.9.